The first-order valence-corrected chi connectivity index (χ1v) is 7.67. The molecule has 4 heteroatoms. The van der Waals surface area contributed by atoms with Crippen molar-refractivity contribution in [2.75, 3.05) is 13.2 Å². The van der Waals surface area contributed by atoms with E-state index in [1.54, 1.807) is 0 Å². The molecule has 0 amide bonds. The molecule has 0 aromatic carbocycles. The predicted molar refractivity (Wildman–Crippen MR) is 76.1 cm³/mol. The molecule has 1 aliphatic heterocycles. The van der Waals surface area contributed by atoms with E-state index in [4.69, 9.17) is 9.47 Å². The molecule has 0 aromatic rings. The molecule has 1 aliphatic rings. The van der Waals surface area contributed by atoms with E-state index >= 15 is 0 Å². The lowest BCUT2D eigenvalue weighted by Crippen LogP contribution is -2.51. The van der Waals surface area contributed by atoms with Crippen LogP contribution >= 0.6 is 0 Å². The SMILES string of the molecule is CCOC(=O)C(CC)NC1CCOC(CC)(CC)C1. The Bertz CT molecular complexity index is 277. The van der Waals surface area contributed by atoms with E-state index in [0.29, 0.717) is 12.6 Å². The van der Waals surface area contributed by atoms with Crippen LogP contribution in [0.25, 0.3) is 0 Å². The van der Waals surface area contributed by atoms with Crippen molar-refractivity contribution in [2.45, 2.75) is 77.5 Å². The van der Waals surface area contributed by atoms with Gasteiger partial charge >= 0.3 is 5.97 Å². The largest absolute Gasteiger partial charge is 0.465 e. The number of rotatable bonds is 7. The fraction of sp³-hybridized carbons (Fsp3) is 0.933. The topological polar surface area (TPSA) is 47.6 Å². The molecule has 0 aromatic heterocycles. The number of hydrogen-bond acceptors (Lipinski definition) is 4. The summed E-state index contributed by atoms with van der Waals surface area (Å²) < 4.78 is 11.1. The highest BCUT2D eigenvalue weighted by molar-refractivity contribution is 5.75. The molecule has 0 aliphatic carbocycles. The molecule has 1 N–H and O–H groups in total. The Hall–Kier alpha value is -0.610. The van der Waals surface area contributed by atoms with Gasteiger partial charge in [0.25, 0.3) is 0 Å². The van der Waals surface area contributed by atoms with Gasteiger partial charge in [0.15, 0.2) is 0 Å². The lowest BCUT2D eigenvalue weighted by molar-refractivity contribution is -0.147. The van der Waals surface area contributed by atoms with E-state index in [1.807, 2.05) is 13.8 Å². The van der Waals surface area contributed by atoms with Gasteiger partial charge in [0.2, 0.25) is 0 Å². The summed E-state index contributed by atoms with van der Waals surface area (Å²) in [6.07, 6.45) is 4.77. The lowest BCUT2D eigenvalue weighted by Gasteiger charge is -2.41. The van der Waals surface area contributed by atoms with Gasteiger partial charge in [-0.3, -0.25) is 4.79 Å². The zero-order chi connectivity index (χ0) is 14.3. The third kappa shape index (κ3) is 4.46. The molecule has 0 spiro atoms. The second-order valence-corrected chi connectivity index (χ2v) is 5.31. The molecule has 0 bridgehead atoms. The van der Waals surface area contributed by atoms with Crippen molar-refractivity contribution >= 4 is 5.97 Å². The molecular weight excluding hydrogens is 242 g/mol. The molecule has 2 atom stereocenters. The Morgan fingerprint density at radius 2 is 2.05 bits per heavy atom. The van der Waals surface area contributed by atoms with E-state index in [9.17, 15) is 4.79 Å². The maximum absolute atomic E-state index is 11.8. The molecule has 0 radical (unpaired) electrons. The summed E-state index contributed by atoms with van der Waals surface area (Å²) in [6, 6.07) is 0.164. The zero-order valence-corrected chi connectivity index (χ0v) is 12.8. The number of nitrogens with one attached hydrogen (secondary N) is 1. The highest BCUT2D eigenvalue weighted by atomic mass is 16.5. The molecule has 112 valence electrons. The van der Waals surface area contributed by atoms with Gasteiger partial charge in [-0.25, -0.2) is 0 Å². The first-order chi connectivity index (χ1) is 9.10. The van der Waals surface area contributed by atoms with Crippen LogP contribution in [-0.2, 0) is 14.3 Å². The summed E-state index contributed by atoms with van der Waals surface area (Å²) in [6.45, 7) is 9.43. The summed E-state index contributed by atoms with van der Waals surface area (Å²) in [7, 11) is 0. The molecule has 19 heavy (non-hydrogen) atoms. The fourth-order valence-electron chi connectivity index (χ4n) is 2.79. The third-order valence-corrected chi connectivity index (χ3v) is 4.20. The summed E-state index contributed by atoms with van der Waals surface area (Å²) in [4.78, 5) is 11.8. The summed E-state index contributed by atoms with van der Waals surface area (Å²) in [5, 5.41) is 3.46. The van der Waals surface area contributed by atoms with Crippen molar-refractivity contribution in [1.82, 2.24) is 5.32 Å². The van der Waals surface area contributed by atoms with Crippen LogP contribution in [0, 0.1) is 0 Å². The van der Waals surface area contributed by atoms with E-state index in [2.05, 4.69) is 19.2 Å². The van der Waals surface area contributed by atoms with Crippen molar-refractivity contribution in [1.29, 1.82) is 0 Å². The van der Waals surface area contributed by atoms with Crippen molar-refractivity contribution in [3.63, 3.8) is 0 Å². The molecule has 4 nitrogen and oxygen atoms in total. The standard InChI is InChI=1S/C15H29NO3/c1-5-13(14(17)18-8-4)16-12-9-10-19-15(6-2,7-3)11-12/h12-13,16H,5-11H2,1-4H3. The van der Waals surface area contributed by atoms with E-state index < -0.39 is 0 Å². The normalized spacial score (nSPS) is 23.9. The number of ether oxygens (including phenoxy) is 2. The first-order valence-electron chi connectivity index (χ1n) is 7.67. The van der Waals surface area contributed by atoms with Crippen LogP contribution in [0.2, 0.25) is 0 Å². The second-order valence-electron chi connectivity index (χ2n) is 5.31. The van der Waals surface area contributed by atoms with Crippen LogP contribution < -0.4 is 5.32 Å². The average molecular weight is 271 g/mol. The Kier molecular flexibility index (Phi) is 6.80. The van der Waals surface area contributed by atoms with Gasteiger partial charge in [-0.1, -0.05) is 20.8 Å². The predicted octanol–water partition coefficient (Wildman–Crippen LogP) is 2.66. The number of hydrogen-bond donors (Lipinski definition) is 1. The smallest absolute Gasteiger partial charge is 0.323 e. The summed E-state index contributed by atoms with van der Waals surface area (Å²) in [5.41, 5.74) is -0.0110. The highest BCUT2D eigenvalue weighted by Crippen LogP contribution is 2.31. The Labute approximate surface area is 117 Å². The van der Waals surface area contributed by atoms with Gasteiger partial charge in [0.05, 0.1) is 12.2 Å². The molecule has 2 unspecified atom stereocenters. The summed E-state index contributed by atoms with van der Waals surface area (Å²) >= 11 is 0. The van der Waals surface area contributed by atoms with Crippen molar-refractivity contribution in [3.05, 3.63) is 0 Å². The van der Waals surface area contributed by atoms with Crippen LogP contribution in [-0.4, -0.2) is 36.9 Å². The average Bonchev–Trinajstić information content (AvgIpc) is 2.45. The van der Waals surface area contributed by atoms with Crippen LogP contribution in [0.1, 0.15) is 59.8 Å². The van der Waals surface area contributed by atoms with Gasteiger partial charge in [-0.15, -0.1) is 0 Å². The van der Waals surface area contributed by atoms with Gasteiger partial charge in [-0.05, 0) is 39.0 Å². The van der Waals surface area contributed by atoms with Gasteiger partial charge in [0.1, 0.15) is 6.04 Å². The summed E-state index contributed by atoms with van der Waals surface area (Å²) in [5.74, 6) is -0.130. The van der Waals surface area contributed by atoms with Crippen molar-refractivity contribution in [3.8, 4) is 0 Å². The van der Waals surface area contributed by atoms with Gasteiger partial charge < -0.3 is 14.8 Å². The van der Waals surface area contributed by atoms with E-state index in [1.165, 1.54) is 0 Å². The fourth-order valence-corrected chi connectivity index (χ4v) is 2.79. The highest BCUT2D eigenvalue weighted by Gasteiger charge is 2.35. The van der Waals surface area contributed by atoms with Gasteiger partial charge in [-0.2, -0.15) is 0 Å². The molecule has 1 heterocycles. The van der Waals surface area contributed by atoms with Crippen LogP contribution in [0.4, 0.5) is 0 Å². The van der Waals surface area contributed by atoms with Crippen molar-refractivity contribution < 1.29 is 14.3 Å². The minimum Gasteiger partial charge on any atom is -0.465 e. The van der Waals surface area contributed by atoms with E-state index in [0.717, 1.165) is 38.7 Å². The number of esters is 1. The quantitative estimate of drug-likeness (QED) is 0.723. The minimum absolute atomic E-state index is 0.0110. The Balaban J connectivity index is 2.57. The first kappa shape index (κ1) is 16.4. The van der Waals surface area contributed by atoms with Crippen molar-refractivity contribution in [2.24, 2.45) is 0 Å². The second kappa shape index (κ2) is 7.85. The van der Waals surface area contributed by atoms with Crippen LogP contribution in [0.15, 0.2) is 0 Å². The van der Waals surface area contributed by atoms with E-state index in [-0.39, 0.29) is 17.6 Å². The lowest BCUT2D eigenvalue weighted by atomic mass is 9.85. The maximum atomic E-state index is 11.8. The number of carbonyl (C=O) groups is 1. The van der Waals surface area contributed by atoms with Crippen LogP contribution in [0.3, 0.4) is 0 Å². The van der Waals surface area contributed by atoms with Gasteiger partial charge in [0, 0.05) is 12.6 Å². The maximum Gasteiger partial charge on any atom is 0.323 e. The zero-order valence-electron chi connectivity index (χ0n) is 12.8. The molecular formula is C15H29NO3. The minimum atomic E-state index is -0.186. The van der Waals surface area contributed by atoms with Crippen LogP contribution in [0.5, 0.6) is 0 Å². The molecule has 0 saturated carbocycles. The monoisotopic (exact) mass is 271 g/mol. The third-order valence-electron chi connectivity index (χ3n) is 4.20. The molecule has 1 fully saturated rings. The Morgan fingerprint density at radius 3 is 2.58 bits per heavy atom. The molecule has 1 rings (SSSR count). The number of carbonyl (C=O) groups excluding carboxylic acids is 1. The Morgan fingerprint density at radius 1 is 1.37 bits per heavy atom. The molecule has 1 saturated heterocycles.